The topological polar surface area (TPSA) is 90.9 Å². The van der Waals surface area contributed by atoms with Crippen LogP contribution in [-0.4, -0.2) is 45.2 Å². The fourth-order valence-electron chi connectivity index (χ4n) is 4.50. The molecule has 34 heavy (non-hydrogen) atoms. The van der Waals surface area contributed by atoms with E-state index in [-0.39, 0.29) is 18.6 Å². The molecule has 1 fully saturated rings. The van der Waals surface area contributed by atoms with Crippen molar-refractivity contribution in [1.82, 2.24) is 0 Å². The third-order valence-electron chi connectivity index (χ3n) is 6.26. The van der Waals surface area contributed by atoms with E-state index in [0.717, 1.165) is 19.3 Å². The first-order valence-electron chi connectivity index (χ1n) is 12.3. The molecule has 1 heterocycles. The Labute approximate surface area is 202 Å². The van der Waals surface area contributed by atoms with Crippen LogP contribution >= 0.6 is 0 Å². The second kappa shape index (κ2) is 12.1. The first-order chi connectivity index (χ1) is 16.3. The van der Waals surface area contributed by atoms with Crippen molar-refractivity contribution >= 4 is 21.7 Å². The Kier molecular flexibility index (Phi) is 9.50. The molecule has 0 aromatic heterocycles. The van der Waals surface area contributed by atoms with Crippen molar-refractivity contribution in [1.29, 1.82) is 0 Å². The van der Waals surface area contributed by atoms with Crippen molar-refractivity contribution in [2.24, 2.45) is 0 Å². The Bertz CT molecular complexity index is 972. The highest BCUT2D eigenvalue weighted by atomic mass is 32.2. The number of esters is 1. The molecule has 0 radical (unpaired) electrons. The van der Waals surface area contributed by atoms with Crippen LogP contribution in [0.5, 0.6) is 0 Å². The molecule has 1 unspecified atom stereocenters. The Balaban J connectivity index is 1.78. The minimum absolute atomic E-state index is 0.00193. The van der Waals surface area contributed by atoms with E-state index >= 15 is 0 Å². The van der Waals surface area contributed by atoms with Gasteiger partial charge in [0.25, 0.3) is 0 Å². The van der Waals surface area contributed by atoms with Crippen molar-refractivity contribution < 1.29 is 31.8 Å². The number of ether oxygens (including phenoxy) is 3. The molecule has 0 amide bonds. The second-order valence-corrected chi connectivity index (χ2v) is 10.7. The average molecular weight is 498 g/mol. The lowest BCUT2D eigenvalue weighted by Crippen LogP contribution is -2.42. The molecule has 1 spiro atoms. The van der Waals surface area contributed by atoms with Gasteiger partial charge in [0.15, 0.2) is 5.79 Å². The summed E-state index contributed by atoms with van der Waals surface area (Å²) in [6.07, 6.45) is 8.93. The van der Waals surface area contributed by atoms with Crippen LogP contribution in [0.3, 0.4) is 0 Å². The molecule has 1 aromatic carbocycles. The third kappa shape index (κ3) is 6.79. The standard InChI is InChI=1S/C25H36FNO6S/c1-3-5-6-7-8-9-10-19-17-20(26)11-12-22(19)27-34(29,30)23-13-14-25(32-15-16-33-25)18-21(23)24(28)31-4-2/h11-12,17-18,23,27H,3-10,13-16H2,1-2H3. The molecule has 0 saturated carbocycles. The largest absolute Gasteiger partial charge is 0.463 e. The summed E-state index contributed by atoms with van der Waals surface area (Å²) < 4.78 is 59.9. The minimum Gasteiger partial charge on any atom is -0.463 e. The van der Waals surface area contributed by atoms with Gasteiger partial charge in [0.1, 0.15) is 11.1 Å². The van der Waals surface area contributed by atoms with Gasteiger partial charge < -0.3 is 14.2 Å². The lowest BCUT2D eigenvalue weighted by Gasteiger charge is -2.33. The zero-order valence-corrected chi connectivity index (χ0v) is 20.9. The molecule has 1 saturated heterocycles. The highest BCUT2D eigenvalue weighted by molar-refractivity contribution is 7.93. The Morgan fingerprint density at radius 2 is 1.85 bits per heavy atom. The highest BCUT2D eigenvalue weighted by Gasteiger charge is 2.46. The first-order valence-corrected chi connectivity index (χ1v) is 13.8. The van der Waals surface area contributed by atoms with E-state index in [0.29, 0.717) is 37.3 Å². The number of hydrogen-bond donors (Lipinski definition) is 1. The molecule has 190 valence electrons. The quantitative estimate of drug-likeness (QED) is 0.327. The maximum absolute atomic E-state index is 14.0. The van der Waals surface area contributed by atoms with Crippen molar-refractivity contribution in [3.8, 4) is 0 Å². The van der Waals surface area contributed by atoms with Crippen LogP contribution < -0.4 is 4.72 Å². The van der Waals surface area contributed by atoms with E-state index in [4.69, 9.17) is 14.2 Å². The Morgan fingerprint density at radius 1 is 1.15 bits per heavy atom. The maximum atomic E-state index is 14.0. The summed E-state index contributed by atoms with van der Waals surface area (Å²) in [5.74, 6) is -2.21. The van der Waals surface area contributed by atoms with Crippen molar-refractivity contribution in [3.63, 3.8) is 0 Å². The van der Waals surface area contributed by atoms with Gasteiger partial charge in [-0.2, -0.15) is 0 Å². The van der Waals surface area contributed by atoms with Crippen LogP contribution in [0.2, 0.25) is 0 Å². The summed E-state index contributed by atoms with van der Waals surface area (Å²) in [6, 6.07) is 4.06. The van der Waals surface area contributed by atoms with Gasteiger partial charge in [0.05, 0.1) is 31.1 Å². The molecule has 0 bridgehead atoms. The van der Waals surface area contributed by atoms with E-state index in [1.807, 2.05) is 0 Å². The van der Waals surface area contributed by atoms with Crippen LogP contribution in [0.25, 0.3) is 0 Å². The van der Waals surface area contributed by atoms with Crippen LogP contribution in [0.1, 0.15) is 70.8 Å². The van der Waals surface area contributed by atoms with E-state index in [2.05, 4.69) is 11.6 Å². The summed E-state index contributed by atoms with van der Waals surface area (Å²) >= 11 is 0. The number of halogens is 1. The Hall–Kier alpha value is -1.97. The van der Waals surface area contributed by atoms with E-state index in [9.17, 15) is 17.6 Å². The van der Waals surface area contributed by atoms with Crippen LogP contribution in [0, 0.1) is 5.82 Å². The minimum atomic E-state index is -4.03. The fourth-order valence-corrected chi connectivity index (χ4v) is 6.08. The van der Waals surface area contributed by atoms with Gasteiger partial charge in [-0.3, -0.25) is 4.72 Å². The smallest absolute Gasteiger partial charge is 0.335 e. The monoisotopic (exact) mass is 497 g/mol. The summed E-state index contributed by atoms with van der Waals surface area (Å²) in [4.78, 5) is 12.7. The highest BCUT2D eigenvalue weighted by Crippen LogP contribution is 2.38. The van der Waals surface area contributed by atoms with Gasteiger partial charge >= 0.3 is 5.97 Å². The zero-order valence-electron chi connectivity index (χ0n) is 20.1. The molecule has 1 atom stereocenters. The molecule has 3 rings (SSSR count). The predicted molar refractivity (Wildman–Crippen MR) is 128 cm³/mol. The van der Waals surface area contributed by atoms with Crippen molar-refractivity contribution in [2.75, 3.05) is 24.5 Å². The number of benzene rings is 1. The summed E-state index contributed by atoms with van der Waals surface area (Å²) in [5, 5.41) is -1.13. The van der Waals surface area contributed by atoms with E-state index < -0.39 is 32.8 Å². The number of hydrogen-bond acceptors (Lipinski definition) is 6. The van der Waals surface area contributed by atoms with Crippen LogP contribution in [0.4, 0.5) is 10.1 Å². The molecule has 9 heteroatoms. The van der Waals surface area contributed by atoms with Gasteiger partial charge in [0, 0.05) is 6.42 Å². The molecular weight excluding hydrogens is 461 g/mol. The number of rotatable bonds is 12. The van der Waals surface area contributed by atoms with E-state index in [1.165, 1.54) is 43.5 Å². The summed E-state index contributed by atoms with van der Waals surface area (Å²) in [6.45, 7) is 4.69. The number of sulfonamides is 1. The van der Waals surface area contributed by atoms with Crippen molar-refractivity contribution in [3.05, 3.63) is 41.2 Å². The summed E-state index contributed by atoms with van der Waals surface area (Å²) in [7, 11) is -4.03. The van der Waals surface area contributed by atoms with Crippen LogP contribution in [0.15, 0.2) is 29.8 Å². The van der Waals surface area contributed by atoms with Gasteiger partial charge in [-0.1, -0.05) is 39.0 Å². The number of carbonyl (C=O) groups is 1. The van der Waals surface area contributed by atoms with Gasteiger partial charge in [-0.25, -0.2) is 17.6 Å². The molecule has 1 N–H and O–H groups in total. The second-order valence-electron chi connectivity index (χ2n) is 8.82. The van der Waals surface area contributed by atoms with Crippen LogP contribution in [-0.2, 0) is 35.4 Å². The lowest BCUT2D eigenvalue weighted by atomic mass is 9.94. The summed E-state index contributed by atoms with van der Waals surface area (Å²) in [5.41, 5.74) is 0.948. The average Bonchev–Trinajstić information content (AvgIpc) is 3.25. The first kappa shape index (κ1) is 26.6. The molecule has 7 nitrogen and oxygen atoms in total. The molecule has 1 aromatic rings. The van der Waals surface area contributed by atoms with Crippen molar-refractivity contribution in [2.45, 2.75) is 82.7 Å². The number of nitrogens with one attached hydrogen (secondary N) is 1. The number of anilines is 1. The third-order valence-corrected chi connectivity index (χ3v) is 8.00. The molecular formula is C25H36FNO6S. The number of unbranched alkanes of at least 4 members (excludes halogenated alkanes) is 5. The predicted octanol–water partition coefficient (Wildman–Crippen LogP) is 4.87. The molecule has 1 aliphatic heterocycles. The normalized spacial score (nSPS) is 19.7. The van der Waals surface area contributed by atoms with Gasteiger partial charge in [0.2, 0.25) is 10.0 Å². The number of carbonyl (C=O) groups excluding carboxylic acids is 1. The molecule has 2 aliphatic rings. The Morgan fingerprint density at radius 3 is 2.56 bits per heavy atom. The lowest BCUT2D eigenvalue weighted by molar-refractivity contribution is -0.143. The SMILES string of the molecule is CCCCCCCCc1cc(F)ccc1NS(=O)(=O)C1CCC2(C=C1C(=O)OCC)OCCO2. The molecule has 1 aliphatic carbocycles. The zero-order chi connectivity index (χ0) is 24.6. The fraction of sp³-hybridized carbons (Fsp3) is 0.640. The van der Waals surface area contributed by atoms with E-state index in [1.54, 1.807) is 6.92 Å². The maximum Gasteiger partial charge on any atom is 0.335 e. The number of aryl methyl sites for hydroxylation is 1. The van der Waals surface area contributed by atoms with Gasteiger partial charge in [-0.15, -0.1) is 0 Å². The van der Waals surface area contributed by atoms with Gasteiger partial charge in [-0.05, 0) is 56.0 Å².